The van der Waals surface area contributed by atoms with E-state index in [1.165, 1.54) is 70.9 Å². The number of nitrogens with one attached hydrogen (secondary N) is 1. The molecular weight excluding hydrogens is 837 g/mol. The van der Waals surface area contributed by atoms with Crippen LogP contribution in [0, 0.1) is 5.41 Å². The smallest absolute Gasteiger partial charge is 0.160 e. The van der Waals surface area contributed by atoms with Crippen LogP contribution < -0.4 is 5.22 Å². The Labute approximate surface area is 403 Å². The van der Waals surface area contributed by atoms with Crippen LogP contribution in [-0.4, -0.2) is 21.5 Å². The van der Waals surface area contributed by atoms with Crippen molar-refractivity contribution in [3.63, 3.8) is 0 Å². The van der Waals surface area contributed by atoms with Crippen molar-refractivity contribution in [2.75, 3.05) is 0 Å². The Hall–Kier alpha value is -8.08. The minimum atomic E-state index is 0.131. The Kier molecular flexibility index (Phi) is 10.1. The quantitative estimate of drug-likeness (QED) is 0.122. The highest BCUT2D eigenvalue weighted by Crippen LogP contribution is 2.50. The third-order valence-electron chi connectivity index (χ3n) is 15.1. The standard InChI is InChI=1S/C65H50N4/c1-40(41-14-6-2-7-15-41)38-58(67-64(66)47-18-10-4-11-19-47)51-32-24-45-26-34-53-49(30-22-43-28-36-55(51)62(45)60(43)53)50-31-23-44-29-37-56-52(33-25-46-27-35-54(50)61(44)63(46)56)59-39-57(42-16-8-3-9-17-42)68-65(69-59)48-20-12-5-13-21-48/h2-3,5-10,12-16,18-24,26-32,34-39,42,49,53,66H,4,11,17,25,33H2,1H3/b40-38+,66-64?,67-58?. The van der Waals surface area contributed by atoms with Gasteiger partial charge in [0.05, 0.1) is 17.1 Å². The fourth-order valence-electron chi connectivity index (χ4n) is 11.7. The van der Waals surface area contributed by atoms with E-state index in [0.717, 1.165) is 82.9 Å². The monoisotopic (exact) mass is 886 g/mol. The molecule has 5 aliphatic rings. The first kappa shape index (κ1) is 41.1. The SMILES string of the molecule is C/C(=C\C(=NC(=N)C1=CCCC=C1)c1ccc2c3c4c(ccc13)C=CC(c1ccc3ccc5c6c(ccc1c36)CCC=5c1cc(C3C=CC=CC3)nc(-c3ccccc3)n1)C4C=C2)c1ccccc1. The summed E-state index contributed by atoms with van der Waals surface area (Å²) in [7, 11) is 0. The van der Waals surface area contributed by atoms with E-state index in [2.05, 4.69) is 201 Å². The number of hydrogen-bond donors (Lipinski definition) is 1. The van der Waals surface area contributed by atoms with E-state index in [4.69, 9.17) is 15.0 Å². The van der Waals surface area contributed by atoms with Gasteiger partial charge in [-0.05, 0) is 133 Å². The van der Waals surface area contributed by atoms with Crippen molar-refractivity contribution < 1.29 is 0 Å². The fraction of sp³-hybridized carbons (Fsp3) is 0.138. The molecule has 1 aromatic heterocycles. The number of benzene rings is 7. The molecule has 0 fully saturated rings. The highest BCUT2D eigenvalue weighted by molar-refractivity contribution is 6.24. The molecule has 3 unspecified atom stereocenters. The maximum atomic E-state index is 9.20. The molecule has 0 bridgehead atoms. The predicted molar refractivity (Wildman–Crippen MR) is 289 cm³/mol. The Morgan fingerprint density at radius 2 is 1.49 bits per heavy atom. The summed E-state index contributed by atoms with van der Waals surface area (Å²) < 4.78 is 0. The van der Waals surface area contributed by atoms with E-state index in [9.17, 15) is 5.41 Å². The van der Waals surface area contributed by atoms with Gasteiger partial charge in [-0.3, -0.25) is 5.41 Å². The van der Waals surface area contributed by atoms with Gasteiger partial charge in [0, 0.05) is 34.5 Å². The number of allylic oxidation sites excluding steroid dienone is 10. The second-order valence-corrected chi connectivity index (χ2v) is 19.2. The number of amidine groups is 1. The molecule has 8 aromatic rings. The molecule has 69 heavy (non-hydrogen) atoms. The molecule has 1 N–H and O–H groups in total. The summed E-state index contributed by atoms with van der Waals surface area (Å²) in [5, 5.41) is 18.3. The van der Waals surface area contributed by atoms with E-state index in [1.54, 1.807) is 0 Å². The van der Waals surface area contributed by atoms with Gasteiger partial charge in [0.15, 0.2) is 11.7 Å². The van der Waals surface area contributed by atoms with Crippen molar-refractivity contribution in [1.82, 2.24) is 9.97 Å². The largest absolute Gasteiger partial charge is 0.282 e. The van der Waals surface area contributed by atoms with Crippen molar-refractivity contribution in [2.24, 2.45) is 4.99 Å². The molecule has 0 saturated heterocycles. The summed E-state index contributed by atoms with van der Waals surface area (Å²) in [4.78, 5) is 15.7. The molecular formula is C65H50N4. The Bertz CT molecular complexity index is 3780. The van der Waals surface area contributed by atoms with Gasteiger partial charge in [-0.15, -0.1) is 0 Å². The predicted octanol–water partition coefficient (Wildman–Crippen LogP) is 15.1. The molecule has 7 aromatic carbocycles. The third kappa shape index (κ3) is 7.13. The second kappa shape index (κ2) is 16.9. The van der Waals surface area contributed by atoms with Crippen molar-refractivity contribution in [1.29, 1.82) is 5.41 Å². The minimum Gasteiger partial charge on any atom is -0.282 e. The van der Waals surface area contributed by atoms with Crippen LogP contribution in [0.2, 0.25) is 0 Å². The lowest BCUT2D eigenvalue weighted by molar-refractivity contribution is 0.741. The topological polar surface area (TPSA) is 62.0 Å². The molecule has 13 rings (SSSR count). The molecule has 4 heteroatoms. The van der Waals surface area contributed by atoms with Gasteiger partial charge in [-0.1, -0.05) is 188 Å². The van der Waals surface area contributed by atoms with E-state index >= 15 is 0 Å². The zero-order valence-corrected chi connectivity index (χ0v) is 38.7. The average Bonchev–Trinajstić information content (AvgIpc) is 3.42. The number of aryl methyl sites for hydroxylation is 1. The molecule has 0 aliphatic heterocycles. The normalized spacial score (nSPS) is 19.2. The van der Waals surface area contributed by atoms with Crippen LogP contribution in [0.4, 0.5) is 0 Å². The van der Waals surface area contributed by atoms with Crippen LogP contribution in [0.25, 0.3) is 67.0 Å². The Morgan fingerprint density at radius 3 is 2.33 bits per heavy atom. The summed E-state index contributed by atoms with van der Waals surface area (Å²) in [6.07, 6.45) is 31.6. The van der Waals surface area contributed by atoms with Gasteiger partial charge < -0.3 is 0 Å². The van der Waals surface area contributed by atoms with Crippen molar-refractivity contribution in [3.05, 3.63) is 249 Å². The molecule has 0 radical (unpaired) electrons. The molecule has 0 spiro atoms. The van der Waals surface area contributed by atoms with Gasteiger partial charge in [-0.2, -0.15) is 0 Å². The first-order valence-corrected chi connectivity index (χ1v) is 24.6. The molecule has 0 amide bonds. The Balaban J connectivity index is 0.947. The van der Waals surface area contributed by atoms with E-state index in [-0.39, 0.29) is 17.8 Å². The van der Waals surface area contributed by atoms with Gasteiger partial charge >= 0.3 is 0 Å². The van der Waals surface area contributed by atoms with E-state index in [1.807, 2.05) is 6.08 Å². The van der Waals surface area contributed by atoms with Gasteiger partial charge in [0.1, 0.15) is 0 Å². The van der Waals surface area contributed by atoms with Crippen molar-refractivity contribution >= 4 is 67.2 Å². The Morgan fingerprint density at radius 1 is 0.681 bits per heavy atom. The number of nitrogens with zero attached hydrogens (tertiary/aromatic N) is 3. The molecule has 330 valence electrons. The highest BCUT2D eigenvalue weighted by Gasteiger charge is 2.33. The van der Waals surface area contributed by atoms with Crippen LogP contribution in [0.3, 0.4) is 0 Å². The lowest BCUT2D eigenvalue weighted by Gasteiger charge is -2.33. The molecule has 1 heterocycles. The summed E-state index contributed by atoms with van der Waals surface area (Å²) in [5.41, 5.74) is 16.0. The summed E-state index contributed by atoms with van der Waals surface area (Å²) >= 11 is 0. The number of aliphatic imine (C=N–C) groups is 1. The lowest BCUT2D eigenvalue weighted by Crippen LogP contribution is -2.19. The summed E-state index contributed by atoms with van der Waals surface area (Å²) in [6, 6.07) is 46.5. The number of rotatable bonds is 8. The second-order valence-electron chi connectivity index (χ2n) is 19.2. The molecule has 3 atom stereocenters. The first-order chi connectivity index (χ1) is 34.0. The zero-order chi connectivity index (χ0) is 46.0. The molecule has 4 nitrogen and oxygen atoms in total. The maximum absolute atomic E-state index is 9.20. The zero-order valence-electron chi connectivity index (χ0n) is 38.7. The van der Waals surface area contributed by atoms with Gasteiger partial charge in [0.25, 0.3) is 0 Å². The summed E-state index contributed by atoms with van der Waals surface area (Å²) in [5.74, 6) is 1.57. The molecule has 5 aliphatic carbocycles. The van der Waals surface area contributed by atoms with Crippen LogP contribution in [-0.2, 0) is 6.42 Å². The van der Waals surface area contributed by atoms with Gasteiger partial charge in [0.2, 0.25) is 0 Å². The van der Waals surface area contributed by atoms with Crippen LogP contribution in [0.15, 0.2) is 199 Å². The number of hydrogen-bond acceptors (Lipinski definition) is 3. The van der Waals surface area contributed by atoms with Crippen LogP contribution >= 0.6 is 0 Å². The van der Waals surface area contributed by atoms with Gasteiger partial charge in [-0.25, -0.2) is 15.0 Å². The minimum absolute atomic E-state index is 0.131. The maximum Gasteiger partial charge on any atom is 0.160 e. The average molecular weight is 887 g/mol. The lowest BCUT2D eigenvalue weighted by atomic mass is 9.70. The fourth-order valence-corrected chi connectivity index (χ4v) is 11.7. The van der Waals surface area contributed by atoms with Crippen molar-refractivity contribution in [2.45, 2.75) is 56.8 Å². The van der Waals surface area contributed by atoms with Crippen LogP contribution in [0.5, 0.6) is 0 Å². The van der Waals surface area contributed by atoms with E-state index < -0.39 is 0 Å². The summed E-state index contributed by atoms with van der Waals surface area (Å²) in [6.45, 7) is 2.15. The highest BCUT2D eigenvalue weighted by atomic mass is 14.9. The number of aromatic nitrogens is 2. The van der Waals surface area contributed by atoms with Crippen molar-refractivity contribution in [3.8, 4) is 11.4 Å². The first-order valence-electron chi connectivity index (χ1n) is 24.6. The van der Waals surface area contributed by atoms with Crippen LogP contribution in [0.1, 0.15) is 101 Å². The van der Waals surface area contributed by atoms with E-state index in [0.29, 0.717) is 5.84 Å². The molecule has 0 saturated carbocycles. The third-order valence-corrected chi connectivity index (χ3v) is 15.1.